The molecule has 2 aromatic rings. The standard InChI is InChI=1S/C30H39F6N/c1-19(2)13-14-37-27(7-6-8-28(37)30(34,35)36)25-17-23(21(5)15-20(3)4)16-24(18-25)22-9-11-26(12-10-22)29(31,32)33/h9-12,16-21,27-28H,6-8,13-15H2,1-5H3. The number of halogens is 6. The highest BCUT2D eigenvalue weighted by Gasteiger charge is 2.47. The normalized spacial score (nSPS) is 20.6. The summed E-state index contributed by atoms with van der Waals surface area (Å²) in [6.07, 6.45) is -5.97. The van der Waals surface area contributed by atoms with E-state index in [2.05, 4.69) is 20.8 Å². The molecule has 1 nitrogen and oxygen atoms in total. The maximum atomic E-state index is 14.1. The van der Waals surface area contributed by atoms with Gasteiger partial charge in [-0.1, -0.05) is 58.9 Å². The monoisotopic (exact) mass is 527 g/mol. The second-order valence-electron chi connectivity index (χ2n) is 11.4. The minimum Gasteiger partial charge on any atom is -0.285 e. The van der Waals surface area contributed by atoms with Crippen LogP contribution in [0.15, 0.2) is 42.5 Å². The van der Waals surface area contributed by atoms with Gasteiger partial charge in [0.15, 0.2) is 0 Å². The lowest BCUT2D eigenvalue weighted by Crippen LogP contribution is -2.50. The van der Waals surface area contributed by atoms with E-state index in [1.807, 2.05) is 32.0 Å². The summed E-state index contributed by atoms with van der Waals surface area (Å²) in [5, 5.41) is 0. The summed E-state index contributed by atoms with van der Waals surface area (Å²) in [4.78, 5) is 1.63. The van der Waals surface area contributed by atoms with E-state index in [1.54, 1.807) is 4.90 Å². The lowest BCUT2D eigenvalue weighted by Gasteiger charge is -2.43. The molecule has 0 bridgehead atoms. The highest BCUT2D eigenvalue weighted by molar-refractivity contribution is 5.66. The smallest absolute Gasteiger partial charge is 0.285 e. The van der Waals surface area contributed by atoms with Gasteiger partial charge in [0.1, 0.15) is 6.04 Å². The van der Waals surface area contributed by atoms with Crippen LogP contribution >= 0.6 is 0 Å². The first-order valence-corrected chi connectivity index (χ1v) is 13.3. The molecule has 0 saturated carbocycles. The fourth-order valence-corrected chi connectivity index (χ4v) is 5.50. The molecule has 0 aliphatic carbocycles. The second kappa shape index (κ2) is 11.8. The second-order valence-corrected chi connectivity index (χ2v) is 11.4. The quantitative estimate of drug-likeness (QED) is 0.309. The molecule has 0 N–H and O–H groups in total. The van der Waals surface area contributed by atoms with Gasteiger partial charge < -0.3 is 0 Å². The number of alkyl halides is 6. The van der Waals surface area contributed by atoms with E-state index >= 15 is 0 Å². The van der Waals surface area contributed by atoms with Gasteiger partial charge in [0.05, 0.1) is 5.56 Å². The summed E-state index contributed by atoms with van der Waals surface area (Å²) < 4.78 is 81.7. The molecule has 0 radical (unpaired) electrons. The third-order valence-electron chi connectivity index (χ3n) is 7.40. The Bertz CT molecular complexity index is 1010. The molecule has 1 aliphatic rings. The molecule has 1 fully saturated rings. The Hall–Kier alpha value is -2.02. The highest BCUT2D eigenvalue weighted by Crippen LogP contribution is 2.43. The molecule has 3 atom stereocenters. The van der Waals surface area contributed by atoms with E-state index in [0.29, 0.717) is 37.3 Å². The molecule has 37 heavy (non-hydrogen) atoms. The van der Waals surface area contributed by atoms with Crippen molar-refractivity contribution in [2.45, 2.75) is 97.1 Å². The summed E-state index contributed by atoms with van der Waals surface area (Å²) >= 11 is 0. The first-order valence-electron chi connectivity index (χ1n) is 13.3. The largest absolute Gasteiger partial charge is 0.416 e. The van der Waals surface area contributed by atoms with Gasteiger partial charge in [-0.05, 0) is 96.9 Å². The molecule has 3 rings (SSSR count). The predicted molar refractivity (Wildman–Crippen MR) is 137 cm³/mol. The van der Waals surface area contributed by atoms with E-state index in [-0.39, 0.29) is 18.3 Å². The van der Waals surface area contributed by atoms with Crippen molar-refractivity contribution in [2.75, 3.05) is 6.54 Å². The summed E-state index contributed by atoms with van der Waals surface area (Å²) in [7, 11) is 0. The van der Waals surface area contributed by atoms with E-state index in [1.165, 1.54) is 12.1 Å². The highest BCUT2D eigenvalue weighted by atomic mass is 19.4. The average molecular weight is 528 g/mol. The molecule has 0 amide bonds. The average Bonchev–Trinajstić information content (AvgIpc) is 2.80. The van der Waals surface area contributed by atoms with Gasteiger partial charge in [-0.3, -0.25) is 4.90 Å². The van der Waals surface area contributed by atoms with Gasteiger partial charge in [-0.25, -0.2) is 0 Å². The van der Waals surface area contributed by atoms with E-state index < -0.39 is 30.0 Å². The van der Waals surface area contributed by atoms with Crippen LogP contribution < -0.4 is 0 Å². The zero-order valence-corrected chi connectivity index (χ0v) is 22.4. The summed E-state index contributed by atoms with van der Waals surface area (Å²) in [5.41, 5.74) is 2.49. The lowest BCUT2D eigenvalue weighted by molar-refractivity contribution is -0.200. The fourth-order valence-electron chi connectivity index (χ4n) is 5.50. The van der Waals surface area contributed by atoms with Gasteiger partial charge in [-0.2, -0.15) is 26.3 Å². The molecule has 0 aromatic heterocycles. The minimum absolute atomic E-state index is 0.0906. The molecule has 0 spiro atoms. The third-order valence-corrected chi connectivity index (χ3v) is 7.40. The summed E-state index contributed by atoms with van der Waals surface area (Å²) in [5.74, 6) is 0.871. The predicted octanol–water partition coefficient (Wildman–Crippen LogP) is 10.0. The van der Waals surface area contributed by atoms with Gasteiger partial charge in [0.25, 0.3) is 0 Å². The Morgan fingerprint density at radius 3 is 2.00 bits per heavy atom. The fraction of sp³-hybridized carbons (Fsp3) is 0.600. The number of nitrogens with zero attached hydrogens (tertiary/aromatic N) is 1. The molecule has 1 saturated heterocycles. The molecule has 1 heterocycles. The minimum atomic E-state index is -4.43. The van der Waals surface area contributed by atoms with Crippen LogP contribution in [0.1, 0.15) is 95.4 Å². The number of hydrogen-bond donors (Lipinski definition) is 0. The number of rotatable bonds is 8. The van der Waals surface area contributed by atoms with Gasteiger partial charge in [-0.15, -0.1) is 0 Å². The maximum absolute atomic E-state index is 14.1. The van der Waals surface area contributed by atoms with Crippen LogP contribution in [-0.4, -0.2) is 23.7 Å². The number of hydrogen-bond acceptors (Lipinski definition) is 1. The SMILES string of the molecule is CC(C)CCN1C(c2cc(-c3ccc(C(F)(F)F)cc3)cc(C(C)CC(C)C)c2)CCCC1C(F)(F)F. The zero-order chi connectivity index (χ0) is 27.5. The molecular formula is C30H39F6N. The number of piperidine rings is 1. The first kappa shape index (κ1) is 29.5. The van der Waals surface area contributed by atoms with Crippen molar-refractivity contribution in [2.24, 2.45) is 11.8 Å². The molecular weight excluding hydrogens is 488 g/mol. The Morgan fingerprint density at radius 2 is 1.46 bits per heavy atom. The molecule has 2 aromatic carbocycles. The first-order chi connectivity index (χ1) is 17.2. The van der Waals surface area contributed by atoms with Crippen molar-refractivity contribution >= 4 is 0 Å². The van der Waals surface area contributed by atoms with Crippen LogP contribution in [-0.2, 0) is 6.18 Å². The summed E-state index contributed by atoms with van der Waals surface area (Å²) in [6.45, 7) is 10.7. The number of benzene rings is 2. The van der Waals surface area contributed by atoms with Crippen LogP contribution in [0.3, 0.4) is 0 Å². The Balaban J connectivity index is 2.09. The Labute approximate surface area is 217 Å². The topological polar surface area (TPSA) is 3.24 Å². The maximum Gasteiger partial charge on any atom is 0.416 e. The van der Waals surface area contributed by atoms with Crippen molar-refractivity contribution < 1.29 is 26.3 Å². The van der Waals surface area contributed by atoms with Gasteiger partial charge in [0, 0.05) is 6.04 Å². The zero-order valence-electron chi connectivity index (χ0n) is 22.4. The van der Waals surface area contributed by atoms with Gasteiger partial charge in [0.2, 0.25) is 0 Å². The van der Waals surface area contributed by atoms with Gasteiger partial charge >= 0.3 is 12.4 Å². The van der Waals surface area contributed by atoms with Crippen LogP contribution in [0.25, 0.3) is 11.1 Å². The van der Waals surface area contributed by atoms with Crippen LogP contribution in [0.4, 0.5) is 26.3 Å². The molecule has 3 unspecified atom stereocenters. The third kappa shape index (κ3) is 7.75. The molecule has 1 aliphatic heterocycles. The van der Waals surface area contributed by atoms with Crippen molar-refractivity contribution in [1.82, 2.24) is 4.90 Å². The Morgan fingerprint density at radius 1 is 0.811 bits per heavy atom. The van der Waals surface area contributed by atoms with Crippen molar-refractivity contribution in [3.8, 4) is 11.1 Å². The van der Waals surface area contributed by atoms with E-state index in [4.69, 9.17) is 0 Å². The number of likely N-dealkylation sites (tertiary alicyclic amines) is 1. The van der Waals surface area contributed by atoms with Crippen molar-refractivity contribution in [1.29, 1.82) is 0 Å². The van der Waals surface area contributed by atoms with Crippen LogP contribution in [0.5, 0.6) is 0 Å². The van der Waals surface area contributed by atoms with Crippen LogP contribution in [0.2, 0.25) is 0 Å². The Kier molecular flexibility index (Phi) is 9.41. The van der Waals surface area contributed by atoms with Crippen molar-refractivity contribution in [3.63, 3.8) is 0 Å². The molecule has 206 valence electrons. The summed E-state index contributed by atoms with van der Waals surface area (Å²) in [6, 6.07) is 9.07. The van der Waals surface area contributed by atoms with Crippen LogP contribution in [0, 0.1) is 11.8 Å². The molecule has 7 heteroatoms. The lowest BCUT2D eigenvalue weighted by atomic mass is 9.84. The van der Waals surface area contributed by atoms with Crippen molar-refractivity contribution in [3.05, 3.63) is 59.2 Å². The van der Waals surface area contributed by atoms with E-state index in [0.717, 1.165) is 35.2 Å². The van der Waals surface area contributed by atoms with E-state index in [9.17, 15) is 26.3 Å².